The lowest BCUT2D eigenvalue weighted by Crippen LogP contribution is -2.53. The van der Waals surface area contributed by atoms with E-state index in [0.717, 1.165) is 36.7 Å². The number of benzene rings is 2. The van der Waals surface area contributed by atoms with E-state index < -0.39 is 23.8 Å². The van der Waals surface area contributed by atoms with Gasteiger partial charge in [-0.2, -0.15) is 0 Å². The molecule has 0 fully saturated rings. The molecular formula is C26H35F2N3O2. The molecule has 0 spiro atoms. The normalized spacial score (nSPS) is 19.5. The van der Waals surface area contributed by atoms with Gasteiger partial charge in [-0.1, -0.05) is 26.0 Å². The average Bonchev–Trinajstić information content (AvgIpc) is 2.71. The largest absolute Gasteiger partial charge is 0.390 e. The Morgan fingerprint density at radius 2 is 1.82 bits per heavy atom. The molecule has 1 amide bonds. The molecule has 33 heavy (non-hydrogen) atoms. The maximum atomic E-state index is 13.6. The fourth-order valence-corrected chi connectivity index (χ4v) is 4.57. The van der Waals surface area contributed by atoms with Crippen molar-refractivity contribution in [3.63, 3.8) is 0 Å². The van der Waals surface area contributed by atoms with E-state index in [-0.39, 0.29) is 24.4 Å². The van der Waals surface area contributed by atoms with Crippen molar-refractivity contribution in [2.45, 2.75) is 64.6 Å². The maximum absolute atomic E-state index is 13.6. The van der Waals surface area contributed by atoms with Crippen molar-refractivity contribution >= 4 is 11.6 Å². The number of amides is 1. The number of aliphatic hydroxyl groups is 1. The summed E-state index contributed by atoms with van der Waals surface area (Å²) in [7, 11) is 0. The number of carbonyl (C=O) groups is 1. The second-order valence-electron chi connectivity index (χ2n) is 9.72. The molecule has 0 aliphatic carbocycles. The number of anilines is 1. The van der Waals surface area contributed by atoms with Crippen LogP contribution < -0.4 is 16.0 Å². The third kappa shape index (κ3) is 6.74. The first-order valence-corrected chi connectivity index (χ1v) is 11.6. The predicted molar refractivity (Wildman–Crippen MR) is 127 cm³/mol. The van der Waals surface area contributed by atoms with Gasteiger partial charge in [0.1, 0.15) is 11.6 Å². The van der Waals surface area contributed by atoms with Crippen LogP contribution >= 0.6 is 0 Å². The third-order valence-corrected chi connectivity index (χ3v) is 6.20. The molecule has 0 aromatic heterocycles. The monoisotopic (exact) mass is 459 g/mol. The van der Waals surface area contributed by atoms with Gasteiger partial charge in [-0.05, 0) is 67.0 Å². The summed E-state index contributed by atoms with van der Waals surface area (Å²) in [5.74, 6) is -1.13. The molecule has 0 saturated heterocycles. The number of halogens is 2. The number of rotatable bonds is 9. The van der Waals surface area contributed by atoms with Crippen LogP contribution in [0.15, 0.2) is 36.4 Å². The van der Waals surface area contributed by atoms with E-state index in [2.05, 4.69) is 54.9 Å². The van der Waals surface area contributed by atoms with Gasteiger partial charge in [-0.3, -0.25) is 4.79 Å². The van der Waals surface area contributed by atoms with Crippen LogP contribution in [0.2, 0.25) is 0 Å². The molecule has 0 bridgehead atoms. The van der Waals surface area contributed by atoms with Crippen LogP contribution in [-0.4, -0.2) is 36.2 Å². The van der Waals surface area contributed by atoms with Gasteiger partial charge < -0.3 is 21.1 Å². The topological polar surface area (TPSA) is 73.4 Å². The highest BCUT2D eigenvalue weighted by Gasteiger charge is 2.33. The van der Waals surface area contributed by atoms with Gasteiger partial charge in [0.2, 0.25) is 5.91 Å². The summed E-state index contributed by atoms with van der Waals surface area (Å²) in [5, 5.41) is 20.6. The Labute approximate surface area is 195 Å². The van der Waals surface area contributed by atoms with E-state index in [9.17, 15) is 18.7 Å². The molecule has 1 heterocycles. The van der Waals surface area contributed by atoms with Crippen LogP contribution in [0.25, 0.3) is 0 Å². The van der Waals surface area contributed by atoms with Crippen LogP contribution in [0.3, 0.4) is 0 Å². The Morgan fingerprint density at radius 1 is 1.12 bits per heavy atom. The molecular weight excluding hydrogens is 424 g/mol. The number of hydrogen-bond acceptors (Lipinski definition) is 4. The Kier molecular flexibility index (Phi) is 8.08. The van der Waals surface area contributed by atoms with Crippen molar-refractivity contribution in [1.29, 1.82) is 0 Å². The summed E-state index contributed by atoms with van der Waals surface area (Å²) in [4.78, 5) is 11.7. The Balaban J connectivity index is 1.75. The zero-order valence-corrected chi connectivity index (χ0v) is 19.8. The Hall–Kier alpha value is -2.51. The van der Waals surface area contributed by atoms with Gasteiger partial charge >= 0.3 is 0 Å². The van der Waals surface area contributed by atoms with Gasteiger partial charge in [-0.15, -0.1) is 0 Å². The van der Waals surface area contributed by atoms with E-state index in [0.29, 0.717) is 11.5 Å². The van der Waals surface area contributed by atoms with Gasteiger partial charge in [-0.25, -0.2) is 8.78 Å². The van der Waals surface area contributed by atoms with Crippen molar-refractivity contribution in [3.8, 4) is 0 Å². The van der Waals surface area contributed by atoms with Crippen LogP contribution in [-0.2, 0) is 23.2 Å². The van der Waals surface area contributed by atoms with Gasteiger partial charge in [0, 0.05) is 37.3 Å². The third-order valence-electron chi connectivity index (χ3n) is 6.20. The molecule has 3 rings (SSSR count). The molecule has 7 heteroatoms. The van der Waals surface area contributed by atoms with E-state index in [1.807, 2.05) is 0 Å². The molecule has 4 N–H and O–H groups in total. The highest BCUT2D eigenvalue weighted by atomic mass is 19.1. The minimum Gasteiger partial charge on any atom is -0.390 e. The van der Waals surface area contributed by atoms with E-state index in [4.69, 9.17) is 0 Å². The first-order chi connectivity index (χ1) is 15.6. The lowest BCUT2D eigenvalue weighted by Gasteiger charge is -2.39. The summed E-state index contributed by atoms with van der Waals surface area (Å²) in [6.07, 6.45) is 0.984. The molecule has 5 nitrogen and oxygen atoms in total. The van der Waals surface area contributed by atoms with Crippen molar-refractivity contribution in [1.82, 2.24) is 10.6 Å². The minimum absolute atomic E-state index is 0.116. The number of nitrogens with one attached hydrogen (secondary N) is 3. The zero-order chi connectivity index (χ0) is 24.2. The van der Waals surface area contributed by atoms with Gasteiger partial charge in [0.05, 0.1) is 12.1 Å². The standard InChI is InChI=1S/C26H35F2N3O2/c1-16(2)9-18-5-6-23-22(12-18)26(4,7-8-29-23)30-15-25(33)24(31-17(3)32)13-19-10-20(27)14-21(28)11-19/h5-6,10-12,14,16,24-25,29-30,33H,7-9,13,15H2,1-4H3,(H,31,32)/t24-,25+,26-/m0/s1. The Morgan fingerprint density at radius 3 is 2.45 bits per heavy atom. The van der Waals surface area contributed by atoms with Crippen LogP contribution in [0.5, 0.6) is 0 Å². The second kappa shape index (κ2) is 10.6. The van der Waals surface area contributed by atoms with Crippen molar-refractivity contribution in [2.75, 3.05) is 18.4 Å². The summed E-state index contributed by atoms with van der Waals surface area (Å²) >= 11 is 0. The molecule has 0 radical (unpaired) electrons. The van der Waals surface area contributed by atoms with Gasteiger partial charge in [0.25, 0.3) is 0 Å². The summed E-state index contributed by atoms with van der Waals surface area (Å²) < 4.78 is 27.3. The quantitative estimate of drug-likeness (QED) is 0.459. The highest BCUT2D eigenvalue weighted by Crippen LogP contribution is 2.36. The van der Waals surface area contributed by atoms with Crippen LogP contribution in [0.1, 0.15) is 50.8 Å². The molecule has 2 aromatic carbocycles. The highest BCUT2D eigenvalue weighted by molar-refractivity contribution is 5.73. The number of hydrogen-bond donors (Lipinski definition) is 4. The molecule has 2 aromatic rings. The zero-order valence-electron chi connectivity index (χ0n) is 19.8. The number of aliphatic hydroxyl groups excluding tert-OH is 1. The summed E-state index contributed by atoms with van der Waals surface area (Å²) in [5.41, 5.74) is 3.52. The van der Waals surface area contributed by atoms with Crippen LogP contribution in [0.4, 0.5) is 14.5 Å². The fraction of sp³-hybridized carbons (Fsp3) is 0.500. The Bertz CT molecular complexity index is 962. The minimum atomic E-state index is -0.950. The SMILES string of the molecule is CC(=O)N[C@@H](Cc1cc(F)cc(F)c1)[C@H](O)CN[C@@]1(C)CCNc2ccc(CC(C)C)cc21. The van der Waals surface area contributed by atoms with E-state index in [1.165, 1.54) is 24.6 Å². The smallest absolute Gasteiger partial charge is 0.217 e. The van der Waals surface area contributed by atoms with Crippen LogP contribution in [0, 0.1) is 17.6 Å². The molecule has 1 aliphatic rings. The number of carbonyl (C=O) groups excluding carboxylic acids is 1. The maximum Gasteiger partial charge on any atom is 0.217 e. The van der Waals surface area contributed by atoms with E-state index in [1.54, 1.807) is 0 Å². The van der Waals surface area contributed by atoms with Crippen molar-refractivity contribution in [3.05, 3.63) is 64.7 Å². The molecule has 0 saturated carbocycles. The summed E-state index contributed by atoms with van der Waals surface area (Å²) in [6, 6.07) is 9.04. The first-order valence-electron chi connectivity index (χ1n) is 11.6. The molecule has 180 valence electrons. The van der Waals surface area contributed by atoms with E-state index >= 15 is 0 Å². The summed E-state index contributed by atoms with van der Waals surface area (Å²) in [6.45, 7) is 8.88. The molecule has 0 unspecified atom stereocenters. The fourth-order valence-electron chi connectivity index (χ4n) is 4.57. The molecule has 3 atom stereocenters. The number of fused-ring (bicyclic) bond motifs is 1. The van der Waals surface area contributed by atoms with Gasteiger partial charge in [0.15, 0.2) is 0 Å². The lowest BCUT2D eigenvalue weighted by atomic mass is 9.82. The second-order valence-corrected chi connectivity index (χ2v) is 9.72. The van der Waals surface area contributed by atoms with Crippen molar-refractivity contribution < 1.29 is 18.7 Å². The molecule has 1 aliphatic heterocycles. The average molecular weight is 460 g/mol. The first kappa shape index (κ1) is 25.1. The lowest BCUT2D eigenvalue weighted by molar-refractivity contribution is -0.120. The van der Waals surface area contributed by atoms with Crippen molar-refractivity contribution in [2.24, 2.45) is 5.92 Å². The predicted octanol–water partition coefficient (Wildman–Crippen LogP) is 3.89.